The SMILES string of the molecule is O=C(O)Cn1nc([C@@H]2CCOC2)nc1CC1CCNCC1. The van der Waals surface area contributed by atoms with E-state index >= 15 is 0 Å². The first-order valence-corrected chi connectivity index (χ1v) is 7.66. The van der Waals surface area contributed by atoms with Gasteiger partial charge in [-0.2, -0.15) is 5.10 Å². The third-order valence-corrected chi connectivity index (χ3v) is 4.27. The number of ether oxygens (including phenoxy) is 1. The molecule has 3 rings (SSSR count). The molecule has 1 atom stereocenters. The Labute approximate surface area is 123 Å². The summed E-state index contributed by atoms with van der Waals surface area (Å²) in [6.45, 7) is 3.33. The molecule has 1 aromatic rings. The highest BCUT2D eigenvalue weighted by Gasteiger charge is 2.25. The second kappa shape index (κ2) is 6.53. The number of nitrogens with one attached hydrogen (secondary N) is 1. The van der Waals surface area contributed by atoms with Crippen molar-refractivity contribution in [3.63, 3.8) is 0 Å². The van der Waals surface area contributed by atoms with E-state index in [0.29, 0.717) is 12.5 Å². The Hall–Kier alpha value is -1.47. The first-order valence-electron chi connectivity index (χ1n) is 7.66. The van der Waals surface area contributed by atoms with Crippen LogP contribution in [-0.2, 0) is 22.5 Å². The van der Waals surface area contributed by atoms with Gasteiger partial charge < -0.3 is 15.2 Å². The summed E-state index contributed by atoms with van der Waals surface area (Å²) in [4.78, 5) is 15.6. The Kier molecular flexibility index (Phi) is 4.50. The predicted molar refractivity (Wildman–Crippen MR) is 75.1 cm³/mol. The molecule has 0 bridgehead atoms. The summed E-state index contributed by atoms with van der Waals surface area (Å²) in [7, 11) is 0. The van der Waals surface area contributed by atoms with Crippen molar-refractivity contribution in [2.45, 2.75) is 38.1 Å². The molecule has 2 fully saturated rings. The lowest BCUT2D eigenvalue weighted by atomic mass is 9.94. The van der Waals surface area contributed by atoms with E-state index in [-0.39, 0.29) is 12.5 Å². The van der Waals surface area contributed by atoms with Crippen LogP contribution in [0.3, 0.4) is 0 Å². The lowest BCUT2D eigenvalue weighted by molar-refractivity contribution is -0.137. The van der Waals surface area contributed by atoms with E-state index in [1.807, 2.05) is 0 Å². The zero-order valence-corrected chi connectivity index (χ0v) is 12.1. The van der Waals surface area contributed by atoms with Gasteiger partial charge >= 0.3 is 5.97 Å². The first-order chi connectivity index (χ1) is 10.2. The summed E-state index contributed by atoms with van der Waals surface area (Å²) in [6.07, 6.45) is 3.96. The summed E-state index contributed by atoms with van der Waals surface area (Å²) in [6, 6.07) is 0. The molecule has 7 heteroatoms. The van der Waals surface area contributed by atoms with Gasteiger partial charge in [0.05, 0.1) is 6.61 Å². The Morgan fingerprint density at radius 3 is 2.86 bits per heavy atom. The fourth-order valence-corrected chi connectivity index (χ4v) is 3.05. The standard InChI is InChI=1S/C14H22N4O3/c19-13(20)8-18-12(7-10-1-4-15-5-2-10)16-14(17-18)11-3-6-21-9-11/h10-11,15H,1-9H2,(H,19,20)/t11-/m1/s1. The van der Waals surface area contributed by atoms with Crippen LogP contribution in [0.25, 0.3) is 0 Å². The number of nitrogens with zero attached hydrogens (tertiary/aromatic N) is 3. The minimum Gasteiger partial charge on any atom is -0.480 e. The number of aliphatic carboxylic acids is 1. The monoisotopic (exact) mass is 294 g/mol. The topological polar surface area (TPSA) is 89.3 Å². The van der Waals surface area contributed by atoms with Gasteiger partial charge in [0.2, 0.25) is 0 Å². The third kappa shape index (κ3) is 3.59. The maximum Gasteiger partial charge on any atom is 0.325 e. The molecule has 0 spiro atoms. The molecule has 0 radical (unpaired) electrons. The fraction of sp³-hybridized carbons (Fsp3) is 0.786. The summed E-state index contributed by atoms with van der Waals surface area (Å²) < 4.78 is 6.95. The normalized spacial score (nSPS) is 23.5. The molecule has 0 saturated carbocycles. The quantitative estimate of drug-likeness (QED) is 0.817. The lowest BCUT2D eigenvalue weighted by Gasteiger charge is -2.21. The van der Waals surface area contributed by atoms with Crippen LogP contribution in [-0.4, -0.2) is 52.1 Å². The number of carbonyl (C=O) groups is 1. The molecule has 2 aliphatic rings. The molecule has 1 aromatic heterocycles. The maximum absolute atomic E-state index is 11.0. The van der Waals surface area contributed by atoms with E-state index in [1.165, 1.54) is 0 Å². The van der Waals surface area contributed by atoms with Gasteiger partial charge in [-0.25, -0.2) is 9.67 Å². The molecule has 116 valence electrons. The number of hydrogen-bond acceptors (Lipinski definition) is 5. The average Bonchev–Trinajstić information content (AvgIpc) is 3.10. The number of carboxylic acids is 1. The van der Waals surface area contributed by atoms with Crippen molar-refractivity contribution in [2.24, 2.45) is 5.92 Å². The second-order valence-corrected chi connectivity index (χ2v) is 5.90. The molecular weight excluding hydrogens is 272 g/mol. The molecule has 2 N–H and O–H groups in total. The van der Waals surface area contributed by atoms with Crippen molar-refractivity contribution < 1.29 is 14.6 Å². The number of aromatic nitrogens is 3. The zero-order chi connectivity index (χ0) is 14.7. The first kappa shape index (κ1) is 14.5. The molecule has 3 heterocycles. The van der Waals surface area contributed by atoms with Crippen molar-refractivity contribution >= 4 is 5.97 Å². The third-order valence-electron chi connectivity index (χ3n) is 4.27. The molecule has 2 aliphatic heterocycles. The average molecular weight is 294 g/mol. The summed E-state index contributed by atoms with van der Waals surface area (Å²) in [5.41, 5.74) is 0. The van der Waals surface area contributed by atoms with Gasteiger partial charge in [-0.3, -0.25) is 4.79 Å². The van der Waals surface area contributed by atoms with Gasteiger partial charge in [-0.1, -0.05) is 0 Å². The van der Waals surface area contributed by atoms with Gasteiger partial charge in [0.1, 0.15) is 12.4 Å². The smallest absolute Gasteiger partial charge is 0.325 e. The Morgan fingerprint density at radius 1 is 1.38 bits per heavy atom. The molecule has 0 aliphatic carbocycles. The van der Waals surface area contributed by atoms with Crippen LogP contribution in [0, 0.1) is 5.92 Å². The van der Waals surface area contributed by atoms with Crippen LogP contribution in [0.4, 0.5) is 0 Å². The molecule has 7 nitrogen and oxygen atoms in total. The summed E-state index contributed by atoms with van der Waals surface area (Å²) in [5, 5.41) is 16.8. The van der Waals surface area contributed by atoms with Gasteiger partial charge in [0, 0.05) is 18.9 Å². The molecule has 2 saturated heterocycles. The predicted octanol–water partition coefficient (Wildman–Crippen LogP) is 0.409. The van der Waals surface area contributed by atoms with Gasteiger partial charge in [-0.15, -0.1) is 0 Å². The lowest BCUT2D eigenvalue weighted by Crippen LogP contribution is -2.29. The van der Waals surface area contributed by atoms with Crippen LogP contribution in [0.5, 0.6) is 0 Å². The Morgan fingerprint density at radius 2 is 2.19 bits per heavy atom. The van der Waals surface area contributed by atoms with Crippen LogP contribution in [0.15, 0.2) is 0 Å². The molecule has 0 amide bonds. The highest BCUT2D eigenvalue weighted by atomic mass is 16.5. The van der Waals surface area contributed by atoms with Crippen LogP contribution in [0.2, 0.25) is 0 Å². The second-order valence-electron chi connectivity index (χ2n) is 5.90. The number of carboxylic acid groups (broad SMARTS) is 1. The Bertz CT molecular complexity index is 490. The fourth-order valence-electron chi connectivity index (χ4n) is 3.05. The van der Waals surface area contributed by atoms with Crippen molar-refractivity contribution in [3.05, 3.63) is 11.6 Å². The van der Waals surface area contributed by atoms with E-state index in [9.17, 15) is 4.79 Å². The molecule has 21 heavy (non-hydrogen) atoms. The summed E-state index contributed by atoms with van der Waals surface area (Å²) in [5.74, 6) is 1.46. The van der Waals surface area contributed by atoms with Crippen molar-refractivity contribution in [1.82, 2.24) is 20.1 Å². The van der Waals surface area contributed by atoms with Gasteiger partial charge in [0.25, 0.3) is 0 Å². The number of piperidine rings is 1. The van der Waals surface area contributed by atoms with Gasteiger partial charge in [-0.05, 0) is 38.3 Å². The van der Waals surface area contributed by atoms with E-state index < -0.39 is 5.97 Å². The highest BCUT2D eigenvalue weighted by molar-refractivity contribution is 5.66. The van der Waals surface area contributed by atoms with E-state index in [2.05, 4.69) is 15.4 Å². The van der Waals surface area contributed by atoms with Crippen molar-refractivity contribution in [1.29, 1.82) is 0 Å². The molecular formula is C14H22N4O3. The van der Waals surface area contributed by atoms with E-state index in [4.69, 9.17) is 9.84 Å². The minimum absolute atomic E-state index is 0.110. The molecule has 0 unspecified atom stereocenters. The van der Waals surface area contributed by atoms with Crippen LogP contribution >= 0.6 is 0 Å². The van der Waals surface area contributed by atoms with Gasteiger partial charge in [0.15, 0.2) is 5.82 Å². The van der Waals surface area contributed by atoms with Crippen molar-refractivity contribution in [3.8, 4) is 0 Å². The largest absolute Gasteiger partial charge is 0.480 e. The Balaban J connectivity index is 1.76. The zero-order valence-electron chi connectivity index (χ0n) is 12.1. The van der Waals surface area contributed by atoms with Crippen LogP contribution in [0.1, 0.15) is 36.8 Å². The molecule has 0 aromatic carbocycles. The minimum atomic E-state index is -0.874. The van der Waals surface area contributed by atoms with Crippen LogP contribution < -0.4 is 5.32 Å². The summed E-state index contributed by atoms with van der Waals surface area (Å²) >= 11 is 0. The number of rotatable bonds is 5. The number of hydrogen-bond donors (Lipinski definition) is 2. The van der Waals surface area contributed by atoms with E-state index in [0.717, 1.165) is 57.0 Å². The maximum atomic E-state index is 11.0. The van der Waals surface area contributed by atoms with Crippen molar-refractivity contribution in [2.75, 3.05) is 26.3 Å². The van der Waals surface area contributed by atoms with E-state index in [1.54, 1.807) is 4.68 Å². The highest BCUT2D eigenvalue weighted by Crippen LogP contribution is 2.24.